The van der Waals surface area contributed by atoms with Crippen LogP contribution in [0.2, 0.25) is 5.02 Å². The number of benzene rings is 2. The van der Waals surface area contributed by atoms with Gasteiger partial charge in [-0.25, -0.2) is 4.39 Å². The van der Waals surface area contributed by atoms with Crippen molar-refractivity contribution >= 4 is 40.9 Å². The molecule has 0 bridgehead atoms. The summed E-state index contributed by atoms with van der Waals surface area (Å²) in [5.41, 5.74) is 0.783. The molecule has 0 saturated carbocycles. The number of hydrogen-bond donors (Lipinski definition) is 1. The van der Waals surface area contributed by atoms with E-state index in [2.05, 4.69) is 5.32 Å². The van der Waals surface area contributed by atoms with Crippen molar-refractivity contribution in [3.63, 3.8) is 0 Å². The van der Waals surface area contributed by atoms with Crippen LogP contribution in [0.1, 0.15) is 17.3 Å². The molecule has 0 aliphatic heterocycles. The van der Waals surface area contributed by atoms with Crippen LogP contribution < -0.4 is 5.32 Å². The van der Waals surface area contributed by atoms with E-state index in [0.717, 1.165) is 0 Å². The molecule has 1 amide bonds. The molecule has 2 aromatic rings. The SMILES string of the molecule is COC(=O)[C@@H](C)Sc1ccccc1C(=O)Nc1ccc(F)c(Cl)c1. The van der Waals surface area contributed by atoms with Crippen LogP contribution in [0.5, 0.6) is 0 Å². The average molecular weight is 368 g/mol. The zero-order valence-electron chi connectivity index (χ0n) is 13.0. The van der Waals surface area contributed by atoms with E-state index in [-0.39, 0.29) is 16.9 Å². The summed E-state index contributed by atoms with van der Waals surface area (Å²) in [6.07, 6.45) is 0. The highest BCUT2D eigenvalue weighted by Gasteiger charge is 2.19. The number of nitrogens with one attached hydrogen (secondary N) is 1. The Morgan fingerprint density at radius 2 is 1.96 bits per heavy atom. The summed E-state index contributed by atoms with van der Waals surface area (Å²) in [5.74, 6) is -1.31. The van der Waals surface area contributed by atoms with Crippen LogP contribution in [0.25, 0.3) is 0 Å². The third-order valence-corrected chi connectivity index (χ3v) is 4.59. The number of hydrogen-bond acceptors (Lipinski definition) is 4. The minimum absolute atomic E-state index is 0.0743. The molecular weight excluding hydrogens is 353 g/mol. The molecule has 1 atom stereocenters. The normalized spacial score (nSPS) is 11.7. The van der Waals surface area contributed by atoms with Gasteiger partial charge in [-0.2, -0.15) is 0 Å². The van der Waals surface area contributed by atoms with E-state index in [1.54, 1.807) is 31.2 Å². The number of amides is 1. The number of rotatable bonds is 5. The van der Waals surface area contributed by atoms with Crippen molar-refractivity contribution in [2.45, 2.75) is 17.1 Å². The van der Waals surface area contributed by atoms with Gasteiger partial charge in [-0.1, -0.05) is 23.7 Å². The zero-order valence-corrected chi connectivity index (χ0v) is 14.6. The van der Waals surface area contributed by atoms with Crippen molar-refractivity contribution < 1.29 is 18.7 Å². The Morgan fingerprint density at radius 1 is 1.25 bits per heavy atom. The lowest BCUT2D eigenvalue weighted by Gasteiger charge is -2.13. The number of methoxy groups -OCH3 is 1. The van der Waals surface area contributed by atoms with Crippen molar-refractivity contribution in [1.82, 2.24) is 0 Å². The van der Waals surface area contributed by atoms with Crippen molar-refractivity contribution in [2.24, 2.45) is 0 Å². The molecule has 0 saturated heterocycles. The molecule has 1 N–H and O–H groups in total. The zero-order chi connectivity index (χ0) is 17.7. The first-order chi connectivity index (χ1) is 11.4. The number of carbonyl (C=O) groups excluding carboxylic acids is 2. The number of anilines is 1. The van der Waals surface area contributed by atoms with E-state index in [9.17, 15) is 14.0 Å². The fraction of sp³-hybridized carbons (Fsp3) is 0.176. The minimum atomic E-state index is -0.558. The smallest absolute Gasteiger partial charge is 0.318 e. The Hall–Kier alpha value is -2.05. The maximum Gasteiger partial charge on any atom is 0.318 e. The summed E-state index contributed by atoms with van der Waals surface area (Å²) in [7, 11) is 1.32. The maximum absolute atomic E-state index is 13.2. The summed E-state index contributed by atoms with van der Waals surface area (Å²) < 4.78 is 17.9. The largest absolute Gasteiger partial charge is 0.468 e. The molecule has 0 aliphatic rings. The number of carbonyl (C=O) groups is 2. The van der Waals surface area contributed by atoms with E-state index in [0.29, 0.717) is 16.1 Å². The van der Waals surface area contributed by atoms with Crippen LogP contribution >= 0.6 is 23.4 Å². The van der Waals surface area contributed by atoms with Gasteiger partial charge in [0.05, 0.1) is 17.7 Å². The molecule has 2 aromatic carbocycles. The summed E-state index contributed by atoms with van der Waals surface area (Å²) in [6.45, 7) is 1.70. The molecule has 0 fully saturated rings. The van der Waals surface area contributed by atoms with Crippen LogP contribution in [0.4, 0.5) is 10.1 Å². The topological polar surface area (TPSA) is 55.4 Å². The number of thioether (sulfide) groups is 1. The van der Waals surface area contributed by atoms with Gasteiger partial charge in [-0.15, -0.1) is 11.8 Å². The molecule has 0 spiro atoms. The fourth-order valence-electron chi connectivity index (χ4n) is 1.93. The van der Waals surface area contributed by atoms with Crippen LogP contribution in [-0.4, -0.2) is 24.2 Å². The Morgan fingerprint density at radius 3 is 2.62 bits per heavy atom. The van der Waals surface area contributed by atoms with E-state index < -0.39 is 11.1 Å². The van der Waals surface area contributed by atoms with Gasteiger partial charge < -0.3 is 10.1 Å². The van der Waals surface area contributed by atoms with Gasteiger partial charge in [0.15, 0.2) is 0 Å². The first-order valence-corrected chi connectivity index (χ1v) is 8.28. The monoisotopic (exact) mass is 367 g/mol. The van der Waals surface area contributed by atoms with Gasteiger partial charge in [0.2, 0.25) is 0 Å². The standard InChI is InChI=1S/C17H15ClFNO3S/c1-10(17(22)23-2)24-15-6-4-3-5-12(15)16(21)20-11-7-8-14(19)13(18)9-11/h3-10H,1-2H3,(H,20,21)/t10-/m1/s1. The first kappa shape index (κ1) is 18.3. The fourth-order valence-corrected chi connectivity index (χ4v) is 3.13. The molecule has 2 rings (SSSR count). The van der Waals surface area contributed by atoms with Gasteiger partial charge >= 0.3 is 5.97 Å². The lowest BCUT2D eigenvalue weighted by atomic mass is 10.2. The van der Waals surface area contributed by atoms with E-state index in [1.807, 2.05) is 0 Å². The lowest BCUT2D eigenvalue weighted by molar-refractivity contribution is -0.139. The molecule has 0 aliphatic carbocycles. The predicted octanol–water partition coefficient (Wildman–Crippen LogP) is 4.39. The lowest BCUT2D eigenvalue weighted by Crippen LogP contribution is -2.17. The Kier molecular flexibility index (Phi) is 6.23. The molecule has 7 heteroatoms. The number of ether oxygens (including phenoxy) is 1. The number of halogens is 2. The second kappa shape index (κ2) is 8.17. The van der Waals surface area contributed by atoms with Gasteiger partial charge in [0.1, 0.15) is 11.1 Å². The molecule has 0 radical (unpaired) electrons. The molecule has 4 nitrogen and oxygen atoms in total. The summed E-state index contributed by atoms with van der Waals surface area (Å²) >= 11 is 6.94. The van der Waals surface area contributed by atoms with Gasteiger partial charge in [-0.05, 0) is 37.3 Å². The van der Waals surface area contributed by atoms with Crippen LogP contribution in [0, 0.1) is 5.82 Å². The quantitative estimate of drug-likeness (QED) is 0.629. The van der Waals surface area contributed by atoms with E-state index >= 15 is 0 Å². The van der Waals surface area contributed by atoms with Crippen molar-refractivity contribution in [3.05, 3.63) is 58.9 Å². The highest BCUT2D eigenvalue weighted by Crippen LogP contribution is 2.28. The molecule has 0 aromatic heterocycles. The van der Waals surface area contributed by atoms with Gasteiger partial charge in [-0.3, -0.25) is 9.59 Å². The molecule has 24 heavy (non-hydrogen) atoms. The van der Waals surface area contributed by atoms with Gasteiger partial charge in [0.25, 0.3) is 5.91 Å². The second-order valence-corrected chi connectivity index (χ2v) is 6.65. The maximum atomic E-state index is 13.2. The van der Waals surface area contributed by atoms with Gasteiger partial charge in [0, 0.05) is 10.6 Å². The average Bonchev–Trinajstić information content (AvgIpc) is 2.57. The van der Waals surface area contributed by atoms with E-state index in [1.165, 1.54) is 37.1 Å². The highest BCUT2D eigenvalue weighted by molar-refractivity contribution is 8.00. The Bertz CT molecular complexity index is 769. The molecule has 0 heterocycles. The summed E-state index contributed by atoms with van der Waals surface area (Å²) in [5, 5.41) is 2.13. The van der Waals surface area contributed by atoms with Crippen molar-refractivity contribution in [2.75, 3.05) is 12.4 Å². The van der Waals surface area contributed by atoms with Crippen molar-refractivity contribution in [1.29, 1.82) is 0 Å². The van der Waals surface area contributed by atoms with Crippen LogP contribution in [-0.2, 0) is 9.53 Å². The van der Waals surface area contributed by atoms with E-state index in [4.69, 9.17) is 16.3 Å². The van der Waals surface area contributed by atoms with Crippen molar-refractivity contribution in [3.8, 4) is 0 Å². The third-order valence-electron chi connectivity index (χ3n) is 3.15. The van der Waals surface area contributed by atoms with Crippen LogP contribution in [0.3, 0.4) is 0 Å². The van der Waals surface area contributed by atoms with Crippen LogP contribution in [0.15, 0.2) is 47.4 Å². The first-order valence-electron chi connectivity index (χ1n) is 7.02. The highest BCUT2D eigenvalue weighted by atomic mass is 35.5. The predicted molar refractivity (Wildman–Crippen MR) is 93.1 cm³/mol. The third kappa shape index (κ3) is 4.49. The Labute approximate surface area is 148 Å². The summed E-state index contributed by atoms with van der Waals surface area (Å²) in [4.78, 5) is 24.7. The molecule has 0 unspecified atom stereocenters. The second-order valence-electron chi connectivity index (χ2n) is 4.86. The summed E-state index contributed by atoms with van der Waals surface area (Å²) in [6, 6.07) is 10.8. The molecular formula is C17H15ClFNO3S. The number of esters is 1. The molecule has 126 valence electrons. The minimum Gasteiger partial charge on any atom is -0.468 e. The Balaban J connectivity index is 2.20.